The fourth-order valence-corrected chi connectivity index (χ4v) is 2.69. The maximum Gasteiger partial charge on any atom is 0.317 e. The lowest BCUT2D eigenvalue weighted by Gasteiger charge is -2.22. The summed E-state index contributed by atoms with van der Waals surface area (Å²) < 4.78 is 11.2. The molecule has 8 heteroatoms. The van der Waals surface area contributed by atoms with E-state index in [1.807, 2.05) is 0 Å². The number of carboxylic acids is 1. The van der Waals surface area contributed by atoms with Crippen LogP contribution >= 0.6 is 34.8 Å². The molecule has 0 fully saturated rings. The molecule has 0 aliphatic heterocycles. The van der Waals surface area contributed by atoms with Gasteiger partial charge in [0.25, 0.3) is 0 Å². The number of aliphatic carboxylic acids is 1. The minimum Gasteiger partial charge on any atom is -0.481 e. The van der Waals surface area contributed by atoms with Crippen LogP contribution in [0.25, 0.3) is 0 Å². The second-order valence-electron chi connectivity index (χ2n) is 6.44. The van der Waals surface area contributed by atoms with Gasteiger partial charge in [0.15, 0.2) is 11.5 Å². The van der Waals surface area contributed by atoms with Crippen molar-refractivity contribution in [1.82, 2.24) is 0 Å². The third-order valence-electron chi connectivity index (χ3n) is 3.74. The quantitative estimate of drug-likeness (QED) is 0.415. The molecule has 2 rings (SSSR count). The molecular weight excluding hydrogens is 415 g/mol. The van der Waals surface area contributed by atoms with Gasteiger partial charge < -0.3 is 14.6 Å². The minimum absolute atomic E-state index is 0.0990. The second-order valence-corrected chi connectivity index (χ2v) is 7.72. The molecule has 0 aliphatic rings. The first-order valence-corrected chi connectivity index (χ1v) is 9.08. The lowest BCUT2D eigenvalue weighted by atomic mass is 9.88. The van der Waals surface area contributed by atoms with E-state index in [2.05, 4.69) is 0 Å². The zero-order valence-corrected chi connectivity index (χ0v) is 16.9. The van der Waals surface area contributed by atoms with Gasteiger partial charge in [-0.3, -0.25) is 9.59 Å². The average molecular weight is 432 g/mol. The van der Waals surface area contributed by atoms with Crippen molar-refractivity contribution in [2.75, 3.05) is 0 Å². The number of rotatable bonds is 7. The summed E-state index contributed by atoms with van der Waals surface area (Å²) in [4.78, 5) is 23.3. The lowest BCUT2D eigenvalue weighted by Crippen LogP contribution is -2.29. The summed E-state index contributed by atoms with van der Waals surface area (Å²) >= 11 is 18.0. The normalized spacial score (nSPS) is 11.1. The number of benzene rings is 2. The number of carboxylic acid groups (broad SMARTS) is 1. The van der Waals surface area contributed by atoms with Gasteiger partial charge in [-0.1, -0.05) is 34.8 Å². The molecule has 0 bridgehead atoms. The molecule has 0 amide bonds. The van der Waals surface area contributed by atoms with E-state index in [1.165, 1.54) is 12.1 Å². The van der Waals surface area contributed by atoms with Crippen molar-refractivity contribution in [3.05, 3.63) is 51.5 Å². The van der Waals surface area contributed by atoms with Gasteiger partial charge >= 0.3 is 11.9 Å². The first-order chi connectivity index (χ1) is 12.6. The predicted molar refractivity (Wildman–Crippen MR) is 104 cm³/mol. The molecule has 2 aromatic carbocycles. The zero-order chi connectivity index (χ0) is 20.2. The smallest absolute Gasteiger partial charge is 0.317 e. The Bertz CT molecular complexity index is 864. The second kappa shape index (κ2) is 8.83. The Kier molecular flexibility index (Phi) is 6.98. The number of ether oxygens (including phenoxy) is 2. The minimum atomic E-state index is -1.00. The van der Waals surface area contributed by atoms with Crippen LogP contribution in [0.5, 0.6) is 17.2 Å². The van der Waals surface area contributed by atoms with E-state index in [4.69, 9.17) is 49.4 Å². The van der Waals surface area contributed by atoms with Crippen LogP contribution < -0.4 is 9.47 Å². The number of carbonyl (C=O) groups excluding carboxylic acids is 1. The van der Waals surface area contributed by atoms with Gasteiger partial charge in [0.05, 0.1) is 10.4 Å². The summed E-state index contributed by atoms with van der Waals surface area (Å²) in [6, 6.07) is 9.27. The van der Waals surface area contributed by atoms with Gasteiger partial charge in [0.2, 0.25) is 0 Å². The van der Waals surface area contributed by atoms with Gasteiger partial charge in [-0.2, -0.15) is 0 Å². The average Bonchev–Trinajstić information content (AvgIpc) is 2.57. The van der Waals surface area contributed by atoms with Crippen LogP contribution in [-0.4, -0.2) is 17.0 Å². The van der Waals surface area contributed by atoms with Crippen LogP contribution in [0.4, 0.5) is 0 Å². The van der Waals surface area contributed by atoms with Crippen LogP contribution in [0.2, 0.25) is 15.1 Å². The van der Waals surface area contributed by atoms with Crippen LogP contribution in [-0.2, 0) is 9.59 Å². The molecule has 0 aromatic heterocycles. The third-order valence-corrected chi connectivity index (χ3v) is 4.50. The van der Waals surface area contributed by atoms with Gasteiger partial charge in [-0.15, -0.1) is 0 Å². The van der Waals surface area contributed by atoms with Crippen molar-refractivity contribution >= 4 is 46.7 Å². The van der Waals surface area contributed by atoms with Crippen LogP contribution in [0, 0.1) is 5.41 Å². The molecule has 0 heterocycles. The molecule has 5 nitrogen and oxygen atoms in total. The van der Waals surface area contributed by atoms with E-state index in [1.54, 1.807) is 38.1 Å². The van der Waals surface area contributed by atoms with E-state index >= 15 is 0 Å². The first kappa shape index (κ1) is 21.4. The number of esters is 1. The number of hydrogen-bond donors (Lipinski definition) is 1. The summed E-state index contributed by atoms with van der Waals surface area (Å²) in [6.07, 6.45) is -0.0255. The highest BCUT2D eigenvalue weighted by molar-refractivity contribution is 6.35. The van der Waals surface area contributed by atoms with Crippen LogP contribution in [0.1, 0.15) is 26.7 Å². The molecule has 1 N–H and O–H groups in total. The summed E-state index contributed by atoms with van der Waals surface area (Å²) in [7, 11) is 0. The summed E-state index contributed by atoms with van der Waals surface area (Å²) in [5.41, 5.74) is -1.00. The highest BCUT2D eigenvalue weighted by atomic mass is 35.5. The summed E-state index contributed by atoms with van der Waals surface area (Å²) in [5.74, 6) is -0.933. The molecule has 0 aliphatic carbocycles. The molecular formula is C19H17Cl3O5. The van der Waals surface area contributed by atoms with Crippen molar-refractivity contribution in [1.29, 1.82) is 0 Å². The Morgan fingerprint density at radius 1 is 0.963 bits per heavy atom. The van der Waals surface area contributed by atoms with Crippen LogP contribution in [0.15, 0.2) is 36.4 Å². The molecule has 0 atom stereocenters. The van der Waals surface area contributed by atoms with E-state index < -0.39 is 17.4 Å². The Labute approximate surface area is 171 Å². The van der Waals surface area contributed by atoms with Gasteiger partial charge in [-0.25, -0.2) is 0 Å². The molecule has 0 saturated heterocycles. The largest absolute Gasteiger partial charge is 0.481 e. The van der Waals surface area contributed by atoms with Gasteiger partial charge in [0.1, 0.15) is 5.75 Å². The molecule has 27 heavy (non-hydrogen) atoms. The van der Waals surface area contributed by atoms with E-state index in [0.29, 0.717) is 15.8 Å². The molecule has 2 aromatic rings. The fraction of sp³-hybridized carbons (Fsp3) is 0.263. The molecule has 0 radical (unpaired) electrons. The topological polar surface area (TPSA) is 72.8 Å². The zero-order valence-electron chi connectivity index (χ0n) is 14.6. The molecule has 144 valence electrons. The maximum atomic E-state index is 12.5. The lowest BCUT2D eigenvalue weighted by molar-refractivity contribution is -0.145. The first-order valence-electron chi connectivity index (χ1n) is 7.95. The summed E-state index contributed by atoms with van der Waals surface area (Å²) in [5, 5.41) is 9.91. The number of carbonyl (C=O) groups is 2. The predicted octanol–water partition coefficient (Wildman–Crippen LogP) is 6.24. The Morgan fingerprint density at radius 2 is 1.56 bits per heavy atom. The van der Waals surface area contributed by atoms with Crippen LogP contribution in [0.3, 0.4) is 0 Å². The SMILES string of the molecule is CC(C)(CCC(=O)O)C(=O)Oc1cc(Cl)ccc1Oc1ccc(Cl)cc1Cl. The van der Waals surface area contributed by atoms with Gasteiger partial charge in [-0.05, 0) is 50.6 Å². The molecule has 0 spiro atoms. The van der Waals surface area contributed by atoms with E-state index in [0.717, 1.165) is 0 Å². The Balaban J connectivity index is 2.25. The maximum absolute atomic E-state index is 12.5. The monoisotopic (exact) mass is 430 g/mol. The van der Waals surface area contributed by atoms with Crippen molar-refractivity contribution in [3.63, 3.8) is 0 Å². The van der Waals surface area contributed by atoms with Crippen molar-refractivity contribution in [3.8, 4) is 17.2 Å². The fourth-order valence-electron chi connectivity index (χ4n) is 2.08. The van der Waals surface area contributed by atoms with E-state index in [9.17, 15) is 9.59 Å². The standard InChI is InChI=1S/C19H17Cl3O5/c1-19(2,8-7-17(23)24)18(25)27-16-10-12(21)4-6-15(16)26-14-5-3-11(20)9-13(14)22/h3-6,9-10H,7-8H2,1-2H3,(H,23,24). The van der Waals surface area contributed by atoms with Crippen molar-refractivity contribution in [2.45, 2.75) is 26.7 Å². The van der Waals surface area contributed by atoms with Gasteiger partial charge in [0, 0.05) is 22.5 Å². The molecule has 0 unspecified atom stereocenters. The van der Waals surface area contributed by atoms with Crippen molar-refractivity contribution in [2.24, 2.45) is 5.41 Å². The Morgan fingerprint density at radius 3 is 2.15 bits per heavy atom. The third kappa shape index (κ3) is 6.03. The molecule has 0 saturated carbocycles. The number of halogens is 3. The highest BCUT2D eigenvalue weighted by Gasteiger charge is 2.31. The summed E-state index contributed by atoms with van der Waals surface area (Å²) in [6.45, 7) is 3.22. The highest BCUT2D eigenvalue weighted by Crippen LogP contribution is 2.38. The number of hydrogen-bond acceptors (Lipinski definition) is 4. The van der Waals surface area contributed by atoms with Crippen molar-refractivity contribution < 1.29 is 24.2 Å². The van der Waals surface area contributed by atoms with E-state index in [-0.39, 0.29) is 29.4 Å². The Hall–Kier alpha value is -1.95.